The zero-order valence-electron chi connectivity index (χ0n) is 10.2. The quantitative estimate of drug-likeness (QED) is 0.734. The zero-order valence-corrected chi connectivity index (χ0v) is 10.2. The van der Waals surface area contributed by atoms with Gasteiger partial charge < -0.3 is 9.47 Å². The van der Waals surface area contributed by atoms with Crippen LogP contribution in [-0.2, 0) is 9.47 Å². The molecule has 0 aliphatic carbocycles. The van der Waals surface area contributed by atoms with Gasteiger partial charge in [-0.1, -0.05) is 0 Å². The molecular weight excluding hydrogens is 218 g/mol. The van der Waals surface area contributed by atoms with Gasteiger partial charge in [0.1, 0.15) is 6.61 Å². The first-order valence-corrected chi connectivity index (χ1v) is 5.43. The fourth-order valence-electron chi connectivity index (χ4n) is 1.60. The highest BCUT2D eigenvalue weighted by Crippen LogP contribution is 2.20. The molecule has 1 aromatic carbocycles. The second kappa shape index (κ2) is 4.20. The van der Waals surface area contributed by atoms with Crippen molar-refractivity contribution in [2.75, 3.05) is 13.7 Å². The molecule has 0 fully saturated rings. The Labute approximate surface area is 100 Å². The molecule has 0 spiro atoms. The van der Waals surface area contributed by atoms with Crippen molar-refractivity contribution in [3.8, 4) is 0 Å². The first-order valence-electron chi connectivity index (χ1n) is 5.43. The molecule has 0 unspecified atom stereocenters. The zero-order chi connectivity index (χ0) is 12.5. The fourth-order valence-corrected chi connectivity index (χ4v) is 1.60. The third-order valence-corrected chi connectivity index (χ3v) is 2.52. The lowest BCUT2D eigenvalue weighted by atomic mass is 10.1. The molecule has 0 aromatic heterocycles. The Morgan fingerprint density at radius 1 is 1.35 bits per heavy atom. The van der Waals surface area contributed by atoms with Crippen LogP contribution >= 0.6 is 0 Å². The minimum Gasteiger partial charge on any atom is -0.475 e. The molecule has 17 heavy (non-hydrogen) atoms. The maximum absolute atomic E-state index is 11.3. The van der Waals surface area contributed by atoms with E-state index in [1.165, 1.54) is 7.11 Å². The predicted octanol–water partition coefficient (Wildman–Crippen LogP) is 2.03. The van der Waals surface area contributed by atoms with Crippen molar-refractivity contribution in [2.24, 2.45) is 4.99 Å². The second-order valence-corrected chi connectivity index (χ2v) is 4.59. The van der Waals surface area contributed by atoms with Crippen LogP contribution in [0.4, 0.5) is 0 Å². The Balaban J connectivity index is 2.22. The van der Waals surface area contributed by atoms with Crippen LogP contribution in [-0.4, -0.2) is 31.1 Å². The third kappa shape index (κ3) is 2.46. The maximum atomic E-state index is 11.3. The molecule has 0 bridgehead atoms. The normalized spacial score (nSPS) is 17.2. The average molecular weight is 233 g/mol. The van der Waals surface area contributed by atoms with E-state index in [0.29, 0.717) is 18.1 Å². The highest BCUT2D eigenvalue weighted by Gasteiger charge is 2.26. The van der Waals surface area contributed by atoms with Crippen LogP contribution in [0.15, 0.2) is 29.3 Å². The van der Waals surface area contributed by atoms with Crippen molar-refractivity contribution < 1.29 is 14.3 Å². The van der Waals surface area contributed by atoms with Crippen LogP contribution in [0.3, 0.4) is 0 Å². The van der Waals surface area contributed by atoms with E-state index in [-0.39, 0.29) is 11.5 Å². The summed E-state index contributed by atoms with van der Waals surface area (Å²) < 4.78 is 10.1. The standard InChI is InChI=1S/C13H15NO3/c1-13(2)8-17-11(14-13)9-4-6-10(7-5-9)12(15)16-3/h4-7H,8H2,1-3H3. The van der Waals surface area contributed by atoms with E-state index < -0.39 is 0 Å². The van der Waals surface area contributed by atoms with Crippen molar-refractivity contribution in [1.29, 1.82) is 0 Å². The molecule has 0 amide bonds. The van der Waals surface area contributed by atoms with Gasteiger partial charge in [-0.05, 0) is 38.1 Å². The molecule has 0 saturated heterocycles. The van der Waals surface area contributed by atoms with Crippen LogP contribution in [0.5, 0.6) is 0 Å². The number of carbonyl (C=O) groups is 1. The summed E-state index contributed by atoms with van der Waals surface area (Å²) >= 11 is 0. The van der Waals surface area contributed by atoms with Gasteiger partial charge in [0.2, 0.25) is 5.90 Å². The molecule has 1 aromatic rings. The Bertz CT molecular complexity index is 460. The summed E-state index contributed by atoms with van der Waals surface area (Å²) in [5, 5.41) is 0. The van der Waals surface area contributed by atoms with E-state index >= 15 is 0 Å². The molecular formula is C13H15NO3. The summed E-state index contributed by atoms with van der Waals surface area (Å²) in [6.07, 6.45) is 0. The number of carbonyl (C=O) groups excluding carboxylic acids is 1. The highest BCUT2D eigenvalue weighted by atomic mass is 16.5. The molecule has 0 atom stereocenters. The molecule has 0 radical (unpaired) electrons. The lowest BCUT2D eigenvalue weighted by Crippen LogP contribution is -2.17. The topological polar surface area (TPSA) is 47.9 Å². The molecule has 0 saturated carbocycles. The van der Waals surface area contributed by atoms with Crippen LogP contribution in [0.2, 0.25) is 0 Å². The molecule has 2 rings (SSSR count). The Kier molecular flexibility index (Phi) is 2.88. The van der Waals surface area contributed by atoms with E-state index in [1.54, 1.807) is 12.1 Å². The Morgan fingerprint density at radius 2 is 2.00 bits per heavy atom. The fraction of sp³-hybridized carbons (Fsp3) is 0.385. The van der Waals surface area contributed by atoms with Crippen LogP contribution in [0.25, 0.3) is 0 Å². The number of ether oxygens (including phenoxy) is 2. The lowest BCUT2D eigenvalue weighted by Gasteiger charge is -2.07. The third-order valence-electron chi connectivity index (χ3n) is 2.52. The smallest absolute Gasteiger partial charge is 0.337 e. The van der Waals surface area contributed by atoms with E-state index in [0.717, 1.165) is 5.56 Å². The molecule has 0 N–H and O–H groups in total. The lowest BCUT2D eigenvalue weighted by molar-refractivity contribution is 0.0600. The number of nitrogens with zero attached hydrogens (tertiary/aromatic N) is 1. The first-order chi connectivity index (χ1) is 8.02. The van der Waals surface area contributed by atoms with Gasteiger partial charge in [-0.25, -0.2) is 9.79 Å². The summed E-state index contributed by atoms with van der Waals surface area (Å²) in [7, 11) is 1.36. The summed E-state index contributed by atoms with van der Waals surface area (Å²) in [6.45, 7) is 4.62. The van der Waals surface area contributed by atoms with Crippen molar-refractivity contribution in [1.82, 2.24) is 0 Å². The number of hydrogen-bond donors (Lipinski definition) is 0. The maximum Gasteiger partial charge on any atom is 0.337 e. The van der Waals surface area contributed by atoms with E-state index in [4.69, 9.17) is 4.74 Å². The minimum absolute atomic E-state index is 0.170. The van der Waals surface area contributed by atoms with Crippen molar-refractivity contribution in [3.63, 3.8) is 0 Å². The van der Waals surface area contributed by atoms with Crippen LogP contribution < -0.4 is 0 Å². The van der Waals surface area contributed by atoms with Crippen LogP contribution in [0.1, 0.15) is 29.8 Å². The molecule has 1 heterocycles. The summed E-state index contributed by atoms with van der Waals surface area (Å²) in [6, 6.07) is 7.04. The monoisotopic (exact) mass is 233 g/mol. The van der Waals surface area contributed by atoms with Gasteiger partial charge in [0, 0.05) is 5.56 Å². The number of aliphatic imine (C=N–C) groups is 1. The number of benzene rings is 1. The predicted molar refractivity (Wildman–Crippen MR) is 64.3 cm³/mol. The van der Waals surface area contributed by atoms with Crippen LogP contribution in [0, 0.1) is 0 Å². The van der Waals surface area contributed by atoms with Gasteiger partial charge in [0.25, 0.3) is 0 Å². The van der Waals surface area contributed by atoms with Gasteiger partial charge in [0.05, 0.1) is 18.2 Å². The summed E-state index contributed by atoms with van der Waals surface area (Å²) in [5.41, 5.74) is 1.23. The number of esters is 1. The van der Waals surface area contributed by atoms with Crippen molar-refractivity contribution >= 4 is 11.9 Å². The first kappa shape index (κ1) is 11.6. The van der Waals surface area contributed by atoms with Crippen molar-refractivity contribution in [2.45, 2.75) is 19.4 Å². The number of rotatable bonds is 2. The molecule has 1 aliphatic heterocycles. The summed E-state index contributed by atoms with van der Waals surface area (Å²) in [5.74, 6) is 0.289. The van der Waals surface area contributed by atoms with E-state index in [1.807, 2.05) is 26.0 Å². The Morgan fingerprint density at radius 3 is 2.47 bits per heavy atom. The van der Waals surface area contributed by atoms with Gasteiger partial charge in [0.15, 0.2) is 0 Å². The highest BCUT2D eigenvalue weighted by molar-refractivity contribution is 5.97. The largest absolute Gasteiger partial charge is 0.475 e. The molecule has 1 aliphatic rings. The number of methoxy groups -OCH3 is 1. The van der Waals surface area contributed by atoms with E-state index in [9.17, 15) is 4.79 Å². The van der Waals surface area contributed by atoms with Gasteiger partial charge in [-0.3, -0.25) is 0 Å². The Hall–Kier alpha value is -1.84. The minimum atomic E-state index is -0.342. The molecule has 4 nitrogen and oxygen atoms in total. The average Bonchev–Trinajstić information content (AvgIpc) is 2.69. The van der Waals surface area contributed by atoms with Gasteiger partial charge in [-0.2, -0.15) is 0 Å². The van der Waals surface area contributed by atoms with Gasteiger partial charge in [-0.15, -0.1) is 0 Å². The second-order valence-electron chi connectivity index (χ2n) is 4.59. The van der Waals surface area contributed by atoms with Crippen molar-refractivity contribution in [3.05, 3.63) is 35.4 Å². The SMILES string of the molecule is COC(=O)c1ccc(C2=NC(C)(C)CO2)cc1. The number of hydrogen-bond acceptors (Lipinski definition) is 4. The summed E-state index contributed by atoms with van der Waals surface area (Å²) in [4.78, 5) is 15.7. The van der Waals surface area contributed by atoms with Gasteiger partial charge >= 0.3 is 5.97 Å². The molecule has 4 heteroatoms. The van der Waals surface area contributed by atoms with E-state index in [2.05, 4.69) is 9.73 Å². The molecule has 90 valence electrons.